The molecule has 1 atom stereocenters. The fraction of sp³-hybridized carbons (Fsp3) is 0.429. The molecule has 2 rings (SSSR count). The van der Waals surface area contributed by atoms with Gasteiger partial charge in [-0.05, 0) is 99.5 Å². The molecule has 0 aliphatic carbocycles. The van der Waals surface area contributed by atoms with Crippen LogP contribution in [0.15, 0.2) is 36.4 Å². The van der Waals surface area contributed by atoms with Crippen molar-refractivity contribution in [1.82, 2.24) is 10.0 Å². The Kier molecular flexibility index (Phi) is 11.2. The van der Waals surface area contributed by atoms with Gasteiger partial charge in [-0.25, -0.2) is 9.18 Å². The van der Waals surface area contributed by atoms with Gasteiger partial charge in [0.15, 0.2) is 0 Å². The first-order chi connectivity index (χ1) is 19.8. The number of rotatable bonds is 7. The molecule has 0 saturated carbocycles. The van der Waals surface area contributed by atoms with E-state index in [1.54, 1.807) is 52.3 Å². The van der Waals surface area contributed by atoms with Gasteiger partial charge in [0.25, 0.3) is 11.8 Å². The lowest BCUT2D eigenvalue weighted by Gasteiger charge is -2.30. The van der Waals surface area contributed by atoms with Crippen LogP contribution in [-0.2, 0) is 10.4 Å². The maximum absolute atomic E-state index is 14.5. The largest absolute Gasteiger partial charge is 0.443 e. The van der Waals surface area contributed by atoms with Crippen LogP contribution >= 0.6 is 33.3 Å². The number of benzene rings is 2. The van der Waals surface area contributed by atoms with Gasteiger partial charge in [0.2, 0.25) is 0 Å². The Bertz CT molecular complexity index is 1450. The number of aryl methyl sites for hydroxylation is 1. The van der Waals surface area contributed by atoms with Crippen molar-refractivity contribution >= 4 is 62.2 Å². The molecule has 0 aromatic heterocycles. The zero-order chi connectivity index (χ0) is 34.1. The normalized spacial score (nSPS) is 13.7. The molecule has 2 aromatic carbocycles. The van der Waals surface area contributed by atoms with Crippen LogP contribution in [0.2, 0.25) is 0 Å². The summed E-state index contributed by atoms with van der Waals surface area (Å²) in [4.78, 5) is 38.7. The molecule has 16 heteroatoms. The highest BCUT2D eigenvalue weighted by Gasteiger charge is 2.73. The lowest BCUT2D eigenvalue weighted by molar-refractivity contribution is -0.348. The number of hydrogen-bond acceptors (Lipinski definition) is 4. The second kappa shape index (κ2) is 13.2. The smallest absolute Gasteiger partial charge is 0.435 e. The minimum atomic E-state index is -6.29. The molecule has 0 aliphatic heterocycles. The van der Waals surface area contributed by atoms with E-state index in [0.717, 1.165) is 13.0 Å². The minimum Gasteiger partial charge on any atom is -0.443 e. The second-order valence-electron chi connectivity index (χ2n) is 11.3. The van der Waals surface area contributed by atoms with Gasteiger partial charge in [0.05, 0.1) is 16.7 Å². The Morgan fingerprint density at radius 3 is 1.95 bits per heavy atom. The maximum atomic E-state index is 14.5. The van der Waals surface area contributed by atoms with Crippen molar-refractivity contribution in [2.45, 2.75) is 70.7 Å². The lowest BCUT2D eigenvalue weighted by atomic mass is 9.92. The van der Waals surface area contributed by atoms with Gasteiger partial charge in [0, 0.05) is 14.8 Å². The Labute approximate surface area is 265 Å². The Hall–Kier alpha value is -2.89. The number of ether oxygens (including phenoxy) is 1. The highest BCUT2D eigenvalue weighted by Crippen LogP contribution is 2.53. The summed E-state index contributed by atoms with van der Waals surface area (Å²) < 4.78 is 102. The van der Waals surface area contributed by atoms with Gasteiger partial charge >= 0.3 is 24.1 Å². The molecular weight excluding hydrogens is 734 g/mol. The fourth-order valence-corrected chi connectivity index (χ4v) is 5.98. The molecule has 44 heavy (non-hydrogen) atoms. The third-order valence-electron chi connectivity index (χ3n) is 5.69. The summed E-state index contributed by atoms with van der Waals surface area (Å²) in [6.07, 6.45) is -11.6. The maximum Gasteiger partial charge on any atom is 0.435 e. The molecule has 0 heterocycles. The molecule has 0 bridgehead atoms. The molecule has 244 valence electrons. The Morgan fingerprint density at radius 1 is 0.886 bits per heavy atom. The molecule has 0 aliphatic rings. The topological polar surface area (TPSA) is 96.5 Å². The van der Waals surface area contributed by atoms with E-state index in [9.17, 15) is 45.1 Å². The van der Waals surface area contributed by atoms with Crippen LogP contribution in [0.1, 0.15) is 66.5 Å². The summed E-state index contributed by atoms with van der Waals surface area (Å²) in [5, 5.41) is 6.79. The van der Waals surface area contributed by atoms with Gasteiger partial charge < -0.3 is 15.4 Å². The summed E-state index contributed by atoms with van der Waals surface area (Å²) in [6, 6.07) is 5.69. The lowest BCUT2D eigenvalue weighted by Crippen LogP contribution is -2.50. The predicted molar refractivity (Wildman–Crippen MR) is 164 cm³/mol. The molecule has 0 spiro atoms. The summed E-state index contributed by atoms with van der Waals surface area (Å²) >= 11 is 1.83. The van der Waals surface area contributed by atoms with Gasteiger partial charge in [-0.1, -0.05) is 28.9 Å². The van der Waals surface area contributed by atoms with E-state index >= 15 is 0 Å². The molecular formula is C28H31F7IN3O4S. The summed E-state index contributed by atoms with van der Waals surface area (Å²) in [5.41, 5.74) is -9.76. The monoisotopic (exact) mass is 765 g/mol. The number of halogens is 8. The van der Waals surface area contributed by atoms with Crippen molar-refractivity contribution in [3.8, 4) is 0 Å². The van der Waals surface area contributed by atoms with E-state index in [0.29, 0.717) is 9.64 Å². The number of hydrogen-bond donors (Lipinski definition) is 3. The first-order valence-electron chi connectivity index (χ1n) is 12.7. The summed E-state index contributed by atoms with van der Waals surface area (Å²) in [6.45, 7) is 9.51. The van der Waals surface area contributed by atoms with Gasteiger partial charge in [-0.3, -0.25) is 14.3 Å². The molecule has 0 radical (unpaired) electrons. The van der Waals surface area contributed by atoms with Gasteiger partial charge in [-0.15, -0.1) is 0 Å². The number of amides is 3. The zero-order valence-electron chi connectivity index (χ0n) is 24.6. The molecule has 1 unspecified atom stereocenters. The van der Waals surface area contributed by atoms with Crippen LogP contribution in [-0.4, -0.2) is 53.0 Å². The third kappa shape index (κ3) is 9.08. The fourth-order valence-electron chi connectivity index (χ4n) is 3.93. The molecule has 3 amide bonds. The molecule has 0 saturated heterocycles. The standard InChI is InChI=1S/C28H31F7IN3O4S/c1-15-13-16(26(29,27(30,31)32)28(33,34)35)11-12-19(15)37-21(40)17-9-8-10-18(36)20(17)22(41)38-25(5,6)14-44(7)39-23(42)43-24(2,3)4/h8-14H,1-7H3,(H,37,40)(H,38,41)(H,39,42). The van der Waals surface area contributed by atoms with Crippen molar-refractivity contribution in [3.63, 3.8) is 0 Å². The van der Waals surface area contributed by atoms with E-state index in [-0.39, 0.29) is 28.4 Å². The van der Waals surface area contributed by atoms with E-state index in [1.807, 2.05) is 22.6 Å². The number of carbonyl (C=O) groups is 3. The average molecular weight is 766 g/mol. The van der Waals surface area contributed by atoms with Crippen molar-refractivity contribution in [2.24, 2.45) is 0 Å². The summed E-state index contributed by atoms with van der Waals surface area (Å²) in [7, 11) is -0.859. The van der Waals surface area contributed by atoms with Crippen molar-refractivity contribution in [2.75, 3.05) is 11.6 Å². The van der Waals surface area contributed by atoms with Crippen LogP contribution in [0, 0.1) is 10.5 Å². The van der Waals surface area contributed by atoms with Crippen LogP contribution in [0.4, 0.5) is 41.2 Å². The highest BCUT2D eigenvalue weighted by molar-refractivity contribution is 14.1. The minimum absolute atomic E-state index is 0.0608. The average Bonchev–Trinajstić information content (AvgIpc) is 2.80. The highest BCUT2D eigenvalue weighted by atomic mass is 127. The molecule has 0 fully saturated rings. The van der Waals surface area contributed by atoms with Crippen molar-refractivity contribution < 1.29 is 49.9 Å². The van der Waals surface area contributed by atoms with Gasteiger partial charge in [0.1, 0.15) is 5.60 Å². The Balaban J connectivity index is 2.35. The number of carbonyl (C=O) groups excluding carboxylic acids is 3. The number of alkyl halides is 7. The van der Waals surface area contributed by atoms with E-state index in [2.05, 4.69) is 15.4 Å². The Morgan fingerprint density at radius 2 is 1.45 bits per heavy atom. The van der Waals surface area contributed by atoms with E-state index in [1.165, 1.54) is 12.1 Å². The molecule has 3 N–H and O–H groups in total. The molecule has 2 aromatic rings. The first-order valence-corrected chi connectivity index (χ1v) is 15.4. The summed E-state index contributed by atoms with van der Waals surface area (Å²) in [5.74, 6) is -1.58. The van der Waals surface area contributed by atoms with Crippen molar-refractivity contribution in [1.29, 1.82) is 0 Å². The van der Waals surface area contributed by atoms with Crippen LogP contribution in [0.25, 0.3) is 0 Å². The van der Waals surface area contributed by atoms with Crippen LogP contribution in [0.5, 0.6) is 0 Å². The second-order valence-corrected chi connectivity index (χ2v) is 14.0. The predicted octanol–water partition coefficient (Wildman–Crippen LogP) is 7.79. The van der Waals surface area contributed by atoms with E-state index in [4.69, 9.17) is 4.74 Å². The first kappa shape index (κ1) is 37.3. The molecule has 7 nitrogen and oxygen atoms in total. The van der Waals surface area contributed by atoms with Crippen LogP contribution < -0.4 is 15.4 Å². The quantitative estimate of drug-likeness (QED) is 0.153. The van der Waals surface area contributed by atoms with Crippen LogP contribution in [0.3, 0.4) is 0 Å². The van der Waals surface area contributed by atoms with E-state index < -0.39 is 63.3 Å². The zero-order valence-corrected chi connectivity index (χ0v) is 27.6. The third-order valence-corrected chi connectivity index (χ3v) is 8.02. The SMILES string of the molecule is Cc1cc(C(F)(C(F)(F)F)C(F)(F)F)ccc1NC(=O)c1cccc(I)c1C(=O)NC(C)(C)C=S(C)NC(=O)OC(C)(C)C. The van der Waals surface area contributed by atoms with Crippen molar-refractivity contribution in [3.05, 3.63) is 62.2 Å². The van der Waals surface area contributed by atoms with Gasteiger partial charge in [-0.2, -0.15) is 26.3 Å². The number of anilines is 1. The number of nitrogens with one attached hydrogen (secondary N) is 3.